The molecule has 1 heterocycles. The number of carboxylic acid groups (broad SMARTS) is 1. The fourth-order valence-electron chi connectivity index (χ4n) is 3.31. The molecule has 1 saturated heterocycles. The van der Waals surface area contributed by atoms with Gasteiger partial charge in [-0.15, -0.1) is 0 Å². The number of hydrogen-bond donors (Lipinski definition) is 4. The van der Waals surface area contributed by atoms with Gasteiger partial charge in [0.2, 0.25) is 5.91 Å². The first-order chi connectivity index (χ1) is 17.6. The minimum Gasteiger partial charge on any atom is -0.475 e. The lowest BCUT2D eigenvalue weighted by Gasteiger charge is -2.31. The monoisotopic (exact) mass is 559 g/mol. The Morgan fingerprint density at radius 2 is 1.58 bits per heavy atom. The first kappa shape index (κ1) is 30.4. The van der Waals surface area contributed by atoms with Gasteiger partial charge in [0.25, 0.3) is 15.9 Å². The standard InChI is InChI=1S/C21H27N5O4S.C2HF3O2/c1-15(27)23-17-5-7-18(8-6-17)31(29,30)24-19-14-16(21(28)25(2)3)4-9-20(19)26-12-10-22-11-13-26;3-2(4,5)1(6)7/h4-9,14,22,24H,10-13H2,1-3H3,(H,23,27);(H,6,7). The zero-order valence-electron chi connectivity index (χ0n) is 20.8. The number of halogens is 3. The summed E-state index contributed by atoms with van der Waals surface area (Å²) in [4.78, 5) is 36.1. The van der Waals surface area contributed by atoms with Crippen molar-refractivity contribution in [3.05, 3.63) is 48.0 Å². The van der Waals surface area contributed by atoms with E-state index in [0.29, 0.717) is 16.9 Å². The van der Waals surface area contributed by atoms with Gasteiger partial charge in [-0.25, -0.2) is 13.2 Å². The Kier molecular flexibility index (Phi) is 10.1. The topological polar surface area (TPSA) is 148 Å². The largest absolute Gasteiger partial charge is 0.490 e. The van der Waals surface area contributed by atoms with Gasteiger partial charge in [0.1, 0.15) is 0 Å². The molecule has 208 valence electrons. The molecule has 0 atom stereocenters. The second kappa shape index (κ2) is 12.6. The quantitative estimate of drug-likeness (QED) is 0.421. The molecular formula is C23H28F3N5O6S. The van der Waals surface area contributed by atoms with Crippen LogP contribution in [0.1, 0.15) is 17.3 Å². The van der Waals surface area contributed by atoms with Crippen molar-refractivity contribution in [1.82, 2.24) is 10.2 Å². The lowest BCUT2D eigenvalue weighted by Crippen LogP contribution is -2.43. The van der Waals surface area contributed by atoms with E-state index >= 15 is 0 Å². The van der Waals surface area contributed by atoms with Crippen LogP contribution < -0.4 is 20.3 Å². The molecule has 11 nitrogen and oxygen atoms in total. The number of carboxylic acids is 1. The van der Waals surface area contributed by atoms with Crippen LogP contribution in [0.3, 0.4) is 0 Å². The highest BCUT2D eigenvalue weighted by atomic mass is 32.2. The molecule has 2 amide bonds. The van der Waals surface area contributed by atoms with E-state index in [0.717, 1.165) is 31.9 Å². The third-order valence-corrected chi connectivity index (χ3v) is 6.46. The summed E-state index contributed by atoms with van der Waals surface area (Å²) >= 11 is 0. The number of benzene rings is 2. The molecule has 0 radical (unpaired) electrons. The van der Waals surface area contributed by atoms with Gasteiger partial charge in [0.15, 0.2) is 0 Å². The lowest BCUT2D eigenvalue weighted by molar-refractivity contribution is -0.192. The summed E-state index contributed by atoms with van der Waals surface area (Å²) in [6, 6.07) is 11.0. The molecule has 0 aliphatic carbocycles. The smallest absolute Gasteiger partial charge is 0.475 e. The van der Waals surface area contributed by atoms with Crippen LogP contribution in [-0.2, 0) is 19.6 Å². The van der Waals surface area contributed by atoms with Gasteiger partial charge >= 0.3 is 12.1 Å². The van der Waals surface area contributed by atoms with Gasteiger partial charge in [-0.3, -0.25) is 14.3 Å². The Bertz CT molecular complexity index is 1260. The Labute approximate surface area is 217 Å². The minimum atomic E-state index is -5.08. The second-order valence-corrected chi connectivity index (χ2v) is 9.96. The van der Waals surface area contributed by atoms with Crippen molar-refractivity contribution >= 4 is 44.9 Å². The highest BCUT2D eigenvalue weighted by Crippen LogP contribution is 2.30. The number of amides is 2. The SMILES string of the molecule is CC(=O)Nc1ccc(S(=O)(=O)Nc2cc(C(=O)N(C)C)ccc2N2CCNCC2)cc1.O=C(O)C(F)(F)F. The number of nitrogens with zero attached hydrogens (tertiary/aromatic N) is 2. The number of sulfonamides is 1. The predicted octanol–water partition coefficient (Wildman–Crippen LogP) is 2.19. The molecule has 3 rings (SSSR count). The maximum Gasteiger partial charge on any atom is 0.490 e. The van der Waals surface area contributed by atoms with Crippen LogP contribution in [-0.4, -0.2) is 82.7 Å². The summed E-state index contributed by atoms with van der Waals surface area (Å²) in [7, 11) is -0.621. The number of piperazine rings is 1. The van der Waals surface area contributed by atoms with E-state index in [-0.39, 0.29) is 16.7 Å². The first-order valence-electron chi connectivity index (χ1n) is 11.1. The number of nitrogens with one attached hydrogen (secondary N) is 3. The number of hydrogen-bond acceptors (Lipinski definition) is 7. The lowest BCUT2D eigenvalue weighted by atomic mass is 10.1. The molecule has 2 aromatic carbocycles. The molecule has 1 fully saturated rings. The average molecular weight is 560 g/mol. The predicted molar refractivity (Wildman–Crippen MR) is 135 cm³/mol. The average Bonchev–Trinajstić information content (AvgIpc) is 2.83. The van der Waals surface area contributed by atoms with Crippen molar-refractivity contribution in [2.24, 2.45) is 0 Å². The molecule has 4 N–H and O–H groups in total. The first-order valence-corrected chi connectivity index (χ1v) is 12.6. The maximum atomic E-state index is 13.1. The third-order valence-electron chi connectivity index (χ3n) is 5.08. The summed E-state index contributed by atoms with van der Waals surface area (Å²) in [5.74, 6) is -3.21. The van der Waals surface area contributed by atoms with Crippen LogP contribution in [0.5, 0.6) is 0 Å². The molecule has 0 saturated carbocycles. The van der Waals surface area contributed by atoms with Crippen LogP contribution in [0, 0.1) is 0 Å². The van der Waals surface area contributed by atoms with Crippen molar-refractivity contribution in [1.29, 1.82) is 0 Å². The van der Waals surface area contributed by atoms with Gasteiger partial charge in [0.05, 0.1) is 16.3 Å². The van der Waals surface area contributed by atoms with Crippen molar-refractivity contribution in [3.63, 3.8) is 0 Å². The number of aliphatic carboxylic acids is 1. The minimum absolute atomic E-state index is 0.0530. The number of rotatable bonds is 6. The zero-order chi connectivity index (χ0) is 28.7. The van der Waals surface area contributed by atoms with Gasteiger partial charge < -0.3 is 25.5 Å². The van der Waals surface area contributed by atoms with E-state index in [4.69, 9.17) is 9.90 Å². The van der Waals surface area contributed by atoms with Gasteiger partial charge in [-0.2, -0.15) is 13.2 Å². The number of carbonyl (C=O) groups excluding carboxylic acids is 2. The fraction of sp³-hybridized carbons (Fsp3) is 0.348. The molecular weight excluding hydrogens is 531 g/mol. The van der Waals surface area contributed by atoms with Gasteiger partial charge in [-0.05, 0) is 42.5 Å². The van der Waals surface area contributed by atoms with Gasteiger partial charge in [0, 0.05) is 58.4 Å². The van der Waals surface area contributed by atoms with Crippen LogP contribution >= 0.6 is 0 Å². The summed E-state index contributed by atoms with van der Waals surface area (Å²) < 4.78 is 60.5. The van der Waals surface area contributed by atoms with E-state index in [9.17, 15) is 31.2 Å². The van der Waals surface area contributed by atoms with Crippen molar-refractivity contribution in [2.75, 3.05) is 55.2 Å². The maximum absolute atomic E-state index is 13.1. The highest BCUT2D eigenvalue weighted by molar-refractivity contribution is 7.92. The summed E-state index contributed by atoms with van der Waals surface area (Å²) in [6.07, 6.45) is -5.08. The summed E-state index contributed by atoms with van der Waals surface area (Å²) in [5.41, 5.74) is 1.96. The fourth-order valence-corrected chi connectivity index (χ4v) is 4.38. The molecule has 0 spiro atoms. The Morgan fingerprint density at radius 1 is 1.03 bits per heavy atom. The van der Waals surface area contributed by atoms with E-state index < -0.39 is 22.2 Å². The van der Waals surface area contributed by atoms with Crippen LogP contribution in [0.4, 0.5) is 30.2 Å². The molecule has 2 aromatic rings. The third kappa shape index (κ3) is 8.62. The number of alkyl halides is 3. The van der Waals surface area contributed by atoms with Crippen molar-refractivity contribution in [3.8, 4) is 0 Å². The van der Waals surface area contributed by atoms with Crippen molar-refractivity contribution in [2.45, 2.75) is 18.0 Å². The van der Waals surface area contributed by atoms with E-state index in [2.05, 4.69) is 20.3 Å². The molecule has 1 aliphatic heterocycles. The molecule has 15 heteroatoms. The molecule has 0 aromatic heterocycles. The van der Waals surface area contributed by atoms with Crippen LogP contribution in [0.2, 0.25) is 0 Å². The number of anilines is 3. The van der Waals surface area contributed by atoms with Crippen LogP contribution in [0.15, 0.2) is 47.4 Å². The number of carbonyl (C=O) groups is 3. The normalized spacial score (nSPS) is 13.6. The highest BCUT2D eigenvalue weighted by Gasteiger charge is 2.38. The van der Waals surface area contributed by atoms with Crippen LogP contribution in [0.25, 0.3) is 0 Å². The molecule has 38 heavy (non-hydrogen) atoms. The van der Waals surface area contributed by atoms with Gasteiger partial charge in [-0.1, -0.05) is 0 Å². The van der Waals surface area contributed by atoms with E-state index in [1.165, 1.54) is 36.1 Å². The molecule has 1 aliphatic rings. The zero-order valence-corrected chi connectivity index (χ0v) is 21.6. The second-order valence-electron chi connectivity index (χ2n) is 8.28. The summed E-state index contributed by atoms with van der Waals surface area (Å²) in [5, 5.41) is 13.0. The summed E-state index contributed by atoms with van der Waals surface area (Å²) in [6.45, 7) is 4.40. The van der Waals surface area contributed by atoms with Crippen molar-refractivity contribution < 1.29 is 41.1 Å². The van der Waals surface area contributed by atoms with E-state index in [1.54, 1.807) is 32.3 Å². The Morgan fingerprint density at radius 3 is 2.05 bits per heavy atom. The van der Waals surface area contributed by atoms with E-state index in [1.807, 2.05) is 0 Å². The Balaban J connectivity index is 0.000000638. The Hall–Kier alpha value is -3.85. The molecule has 0 bridgehead atoms. The molecule has 0 unspecified atom stereocenters.